The number of benzene rings is 2. The Labute approximate surface area is 176 Å². The van der Waals surface area contributed by atoms with Crippen LogP contribution in [0.15, 0.2) is 48.5 Å². The summed E-state index contributed by atoms with van der Waals surface area (Å²) < 4.78 is 10.4. The second-order valence-electron chi connectivity index (χ2n) is 7.15. The number of ether oxygens (including phenoxy) is 2. The molecule has 160 valence electrons. The maximum Gasteiger partial charge on any atom is 0.308 e. The molecule has 2 aromatic rings. The molecule has 0 heterocycles. The molecule has 0 spiro atoms. The maximum absolute atomic E-state index is 12.8. The third-order valence-corrected chi connectivity index (χ3v) is 4.32. The number of carbonyl (C=O) groups is 3. The summed E-state index contributed by atoms with van der Waals surface area (Å²) in [5.41, 5.74) is 2.11. The molecule has 0 bridgehead atoms. The Morgan fingerprint density at radius 3 is 2.13 bits per heavy atom. The lowest BCUT2D eigenvalue weighted by Gasteiger charge is -2.20. The van der Waals surface area contributed by atoms with Crippen LogP contribution in [0.3, 0.4) is 0 Å². The first-order valence-corrected chi connectivity index (χ1v) is 9.76. The molecule has 2 N–H and O–H groups in total. The summed E-state index contributed by atoms with van der Waals surface area (Å²) in [6.45, 7) is 5.40. The zero-order chi connectivity index (χ0) is 22.1. The van der Waals surface area contributed by atoms with Gasteiger partial charge < -0.3 is 20.1 Å². The second kappa shape index (κ2) is 11.0. The van der Waals surface area contributed by atoms with E-state index in [1.165, 1.54) is 6.92 Å². The van der Waals surface area contributed by atoms with Crippen LogP contribution in [-0.4, -0.2) is 31.0 Å². The SMILES string of the molecule is COc1ccc(C(CC(=O)OC(C)C)NC(=O)c2ccc(CNC(C)=O)cc2)cc1. The van der Waals surface area contributed by atoms with Gasteiger partial charge in [0.15, 0.2) is 0 Å². The van der Waals surface area contributed by atoms with Crippen molar-refractivity contribution in [2.75, 3.05) is 7.11 Å². The van der Waals surface area contributed by atoms with Gasteiger partial charge >= 0.3 is 5.97 Å². The largest absolute Gasteiger partial charge is 0.497 e. The summed E-state index contributed by atoms with van der Waals surface area (Å²) >= 11 is 0. The highest BCUT2D eigenvalue weighted by Crippen LogP contribution is 2.22. The van der Waals surface area contributed by atoms with Crippen LogP contribution in [0.5, 0.6) is 5.75 Å². The molecule has 7 heteroatoms. The fourth-order valence-electron chi connectivity index (χ4n) is 2.81. The summed E-state index contributed by atoms with van der Waals surface area (Å²) in [4.78, 5) is 36.0. The van der Waals surface area contributed by atoms with Crippen molar-refractivity contribution in [3.63, 3.8) is 0 Å². The van der Waals surface area contributed by atoms with Gasteiger partial charge in [0.2, 0.25) is 5.91 Å². The number of carbonyl (C=O) groups excluding carboxylic acids is 3. The number of amides is 2. The Morgan fingerprint density at radius 1 is 0.967 bits per heavy atom. The highest BCUT2D eigenvalue weighted by atomic mass is 16.5. The third-order valence-electron chi connectivity index (χ3n) is 4.32. The van der Waals surface area contributed by atoms with Crippen molar-refractivity contribution in [3.05, 3.63) is 65.2 Å². The van der Waals surface area contributed by atoms with Gasteiger partial charge in [0.25, 0.3) is 5.91 Å². The van der Waals surface area contributed by atoms with Crippen LogP contribution in [0.1, 0.15) is 54.7 Å². The lowest BCUT2D eigenvalue weighted by molar-refractivity contribution is -0.148. The van der Waals surface area contributed by atoms with Crippen LogP contribution in [0.25, 0.3) is 0 Å². The van der Waals surface area contributed by atoms with Crippen LogP contribution in [0.4, 0.5) is 0 Å². The zero-order valence-electron chi connectivity index (χ0n) is 17.7. The van der Waals surface area contributed by atoms with E-state index in [2.05, 4.69) is 10.6 Å². The molecule has 0 radical (unpaired) electrons. The van der Waals surface area contributed by atoms with Crippen LogP contribution < -0.4 is 15.4 Å². The predicted molar refractivity (Wildman–Crippen MR) is 113 cm³/mol. The summed E-state index contributed by atoms with van der Waals surface area (Å²) in [5, 5.41) is 5.62. The topological polar surface area (TPSA) is 93.7 Å². The van der Waals surface area contributed by atoms with Crippen molar-refractivity contribution in [2.45, 2.75) is 45.9 Å². The van der Waals surface area contributed by atoms with Crippen molar-refractivity contribution in [1.82, 2.24) is 10.6 Å². The first kappa shape index (κ1) is 22.9. The lowest BCUT2D eigenvalue weighted by Crippen LogP contribution is -2.31. The molecule has 0 aliphatic rings. The van der Waals surface area contributed by atoms with Crippen molar-refractivity contribution in [3.8, 4) is 5.75 Å². The minimum atomic E-state index is -0.547. The van der Waals surface area contributed by atoms with Crippen molar-refractivity contribution >= 4 is 17.8 Å². The van der Waals surface area contributed by atoms with Gasteiger partial charge in [-0.15, -0.1) is 0 Å². The molecule has 0 saturated heterocycles. The van der Waals surface area contributed by atoms with Gasteiger partial charge in [-0.2, -0.15) is 0 Å². The highest BCUT2D eigenvalue weighted by molar-refractivity contribution is 5.94. The van der Waals surface area contributed by atoms with Gasteiger partial charge in [-0.05, 0) is 49.2 Å². The van der Waals surface area contributed by atoms with E-state index in [4.69, 9.17) is 9.47 Å². The normalized spacial score (nSPS) is 11.5. The second-order valence-corrected chi connectivity index (χ2v) is 7.15. The monoisotopic (exact) mass is 412 g/mol. The number of rotatable bonds is 9. The van der Waals surface area contributed by atoms with Gasteiger partial charge in [-0.1, -0.05) is 24.3 Å². The third kappa shape index (κ3) is 7.24. The van der Waals surface area contributed by atoms with Crippen LogP contribution >= 0.6 is 0 Å². The Morgan fingerprint density at radius 2 is 1.60 bits per heavy atom. The van der Waals surface area contributed by atoms with Crippen molar-refractivity contribution < 1.29 is 23.9 Å². The van der Waals surface area contributed by atoms with Gasteiger partial charge in [-0.25, -0.2) is 0 Å². The van der Waals surface area contributed by atoms with E-state index in [-0.39, 0.29) is 24.3 Å². The van der Waals surface area contributed by atoms with Crippen LogP contribution in [0, 0.1) is 0 Å². The smallest absolute Gasteiger partial charge is 0.308 e. The molecule has 0 saturated carbocycles. The number of esters is 1. The lowest BCUT2D eigenvalue weighted by atomic mass is 10.0. The number of methoxy groups -OCH3 is 1. The minimum absolute atomic E-state index is 0.0108. The Bertz CT molecular complexity index is 860. The average Bonchev–Trinajstić information content (AvgIpc) is 2.71. The number of hydrogen-bond donors (Lipinski definition) is 2. The average molecular weight is 412 g/mol. The van der Waals surface area contributed by atoms with Crippen LogP contribution in [0.2, 0.25) is 0 Å². The van der Waals surface area contributed by atoms with Gasteiger partial charge in [0.05, 0.1) is 25.7 Å². The molecule has 7 nitrogen and oxygen atoms in total. The first-order chi connectivity index (χ1) is 14.3. The molecule has 0 fully saturated rings. The fraction of sp³-hybridized carbons (Fsp3) is 0.348. The Hall–Kier alpha value is -3.35. The van der Waals surface area contributed by atoms with Crippen molar-refractivity contribution in [1.29, 1.82) is 0 Å². The van der Waals surface area contributed by atoms with E-state index in [9.17, 15) is 14.4 Å². The quantitative estimate of drug-likeness (QED) is 0.617. The van der Waals surface area contributed by atoms with Crippen LogP contribution in [-0.2, 0) is 20.9 Å². The van der Waals surface area contributed by atoms with E-state index in [1.54, 1.807) is 57.4 Å². The Balaban J connectivity index is 2.13. The predicted octanol–water partition coefficient (Wildman–Crippen LogP) is 3.14. The van der Waals surface area contributed by atoms with E-state index in [0.717, 1.165) is 11.1 Å². The van der Waals surface area contributed by atoms with Gasteiger partial charge in [0.1, 0.15) is 5.75 Å². The Kier molecular flexibility index (Phi) is 8.41. The summed E-state index contributed by atoms with van der Waals surface area (Å²) in [6.07, 6.45) is -0.225. The molecule has 0 aliphatic heterocycles. The first-order valence-electron chi connectivity index (χ1n) is 9.76. The standard InChI is InChI=1S/C23H28N2O5/c1-15(2)30-22(27)13-21(18-9-11-20(29-4)12-10-18)25-23(28)19-7-5-17(6-8-19)14-24-16(3)26/h5-12,15,21H,13-14H2,1-4H3,(H,24,26)(H,25,28). The summed E-state index contributed by atoms with van der Waals surface area (Å²) in [7, 11) is 1.57. The van der Waals surface area contributed by atoms with Gasteiger partial charge in [-0.3, -0.25) is 14.4 Å². The molecule has 1 atom stereocenters. The molecular weight excluding hydrogens is 384 g/mol. The zero-order valence-corrected chi connectivity index (χ0v) is 17.7. The molecule has 2 amide bonds. The summed E-state index contributed by atoms with van der Waals surface area (Å²) in [5.74, 6) is -0.133. The summed E-state index contributed by atoms with van der Waals surface area (Å²) in [6, 6.07) is 13.5. The molecule has 0 aromatic heterocycles. The van der Waals surface area contributed by atoms with E-state index in [1.807, 2.05) is 12.1 Å². The van der Waals surface area contributed by atoms with E-state index in [0.29, 0.717) is 17.9 Å². The fourth-order valence-corrected chi connectivity index (χ4v) is 2.81. The highest BCUT2D eigenvalue weighted by Gasteiger charge is 2.21. The maximum atomic E-state index is 12.8. The minimum Gasteiger partial charge on any atom is -0.497 e. The van der Waals surface area contributed by atoms with E-state index < -0.39 is 12.0 Å². The molecule has 2 aromatic carbocycles. The number of nitrogens with one attached hydrogen (secondary N) is 2. The molecule has 30 heavy (non-hydrogen) atoms. The van der Waals surface area contributed by atoms with Gasteiger partial charge in [0, 0.05) is 19.0 Å². The van der Waals surface area contributed by atoms with E-state index >= 15 is 0 Å². The molecular formula is C23H28N2O5. The van der Waals surface area contributed by atoms with Crippen molar-refractivity contribution in [2.24, 2.45) is 0 Å². The number of hydrogen-bond acceptors (Lipinski definition) is 5. The molecule has 1 unspecified atom stereocenters. The molecule has 2 rings (SSSR count). The molecule has 0 aliphatic carbocycles.